The Kier molecular flexibility index (Phi) is 6.02. The molecule has 1 fully saturated rings. The molecule has 0 amide bonds. The van der Waals surface area contributed by atoms with Gasteiger partial charge in [0.1, 0.15) is 18.0 Å². The van der Waals surface area contributed by atoms with Gasteiger partial charge < -0.3 is 28.6 Å². The number of carbonyl (C=O) groups excluding carboxylic acids is 1. The van der Waals surface area contributed by atoms with Crippen LogP contribution in [0.25, 0.3) is 0 Å². The number of nitrogens with zero attached hydrogens (tertiary/aromatic N) is 1. The molecule has 4 aliphatic rings. The molecule has 7 heteroatoms. The summed E-state index contributed by atoms with van der Waals surface area (Å²) in [7, 11) is 5.46. The number of likely N-dealkylation sites (tertiary alicyclic amines) is 1. The van der Waals surface area contributed by atoms with E-state index in [2.05, 4.69) is 30.2 Å². The highest BCUT2D eigenvalue weighted by Crippen LogP contribution is 2.62. The van der Waals surface area contributed by atoms with Crippen LogP contribution in [0.2, 0.25) is 0 Å². The number of methoxy groups -OCH3 is 2. The lowest BCUT2D eigenvalue weighted by Crippen LogP contribution is -2.65. The predicted molar refractivity (Wildman–Crippen MR) is 134 cm³/mol. The van der Waals surface area contributed by atoms with E-state index < -0.39 is 0 Å². The Balaban J connectivity index is 1.25. The van der Waals surface area contributed by atoms with Crippen LogP contribution in [0.15, 0.2) is 48.6 Å². The number of likely N-dealkylation sites (N-methyl/N-ethyl adjacent to an activating group) is 1. The van der Waals surface area contributed by atoms with Crippen LogP contribution < -0.4 is 14.2 Å². The summed E-state index contributed by atoms with van der Waals surface area (Å²) in [5, 5.41) is 0. The van der Waals surface area contributed by atoms with Gasteiger partial charge in [0.2, 0.25) is 0 Å². The molecule has 2 heterocycles. The third-order valence-electron chi connectivity index (χ3n) is 8.50. The zero-order valence-corrected chi connectivity index (χ0v) is 21.1. The summed E-state index contributed by atoms with van der Waals surface area (Å²) < 4.78 is 29.4. The Hall–Kier alpha value is -2.87. The second-order valence-corrected chi connectivity index (χ2v) is 10.2. The molecule has 7 nitrogen and oxygen atoms in total. The third kappa shape index (κ3) is 3.56. The number of hydrogen-bond acceptors (Lipinski definition) is 7. The number of piperidine rings is 1. The van der Waals surface area contributed by atoms with E-state index in [-0.39, 0.29) is 30.2 Å². The molecular weight excluding hydrogens is 458 g/mol. The average Bonchev–Trinajstić information content (AvgIpc) is 3.26. The van der Waals surface area contributed by atoms with Gasteiger partial charge in [0.05, 0.1) is 13.7 Å². The van der Waals surface area contributed by atoms with Gasteiger partial charge in [-0.15, -0.1) is 0 Å². The lowest BCUT2D eigenvalue weighted by molar-refractivity contribution is -0.0703. The SMILES string of the molecule is COCOc1ccc2c3c1OC1C(OCCC(=O)c4ccc(OC)cc4)C=C[C@H]4[C@@H](C2)N(C)CC[C@]314. The van der Waals surface area contributed by atoms with Crippen molar-refractivity contribution in [1.82, 2.24) is 4.90 Å². The van der Waals surface area contributed by atoms with Gasteiger partial charge in [0.15, 0.2) is 24.1 Å². The van der Waals surface area contributed by atoms with E-state index in [1.807, 2.05) is 6.07 Å². The van der Waals surface area contributed by atoms with Gasteiger partial charge in [-0.3, -0.25) is 4.79 Å². The maximum Gasteiger partial charge on any atom is 0.188 e. The van der Waals surface area contributed by atoms with Crippen molar-refractivity contribution in [3.05, 3.63) is 65.2 Å². The van der Waals surface area contributed by atoms with Crippen LogP contribution in [0.4, 0.5) is 0 Å². The first-order valence-corrected chi connectivity index (χ1v) is 12.7. The van der Waals surface area contributed by atoms with Crippen LogP contribution in [0, 0.1) is 5.92 Å². The van der Waals surface area contributed by atoms with Crippen LogP contribution in [0.5, 0.6) is 17.2 Å². The van der Waals surface area contributed by atoms with E-state index in [4.69, 9.17) is 23.7 Å². The van der Waals surface area contributed by atoms with Gasteiger partial charge in [-0.1, -0.05) is 18.2 Å². The Labute approximate surface area is 211 Å². The van der Waals surface area contributed by atoms with E-state index in [0.29, 0.717) is 30.6 Å². The molecule has 0 radical (unpaired) electrons. The minimum atomic E-state index is -0.234. The third-order valence-corrected chi connectivity index (χ3v) is 8.50. The molecular formula is C29H33NO6. The Morgan fingerprint density at radius 2 is 1.97 bits per heavy atom. The summed E-state index contributed by atoms with van der Waals surface area (Å²) in [5.41, 5.74) is 3.15. The summed E-state index contributed by atoms with van der Waals surface area (Å²) in [6.07, 6.45) is 6.42. The van der Waals surface area contributed by atoms with Gasteiger partial charge in [-0.05, 0) is 62.3 Å². The molecule has 2 aliphatic carbocycles. The molecule has 2 aromatic rings. The van der Waals surface area contributed by atoms with Crippen molar-refractivity contribution in [3.8, 4) is 17.2 Å². The largest absolute Gasteiger partial charge is 0.497 e. The van der Waals surface area contributed by atoms with Crippen molar-refractivity contribution in [3.63, 3.8) is 0 Å². The van der Waals surface area contributed by atoms with Crippen molar-refractivity contribution >= 4 is 5.78 Å². The molecule has 1 spiro atoms. The summed E-state index contributed by atoms with van der Waals surface area (Å²) >= 11 is 0. The number of hydrogen-bond donors (Lipinski definition) is 0. The van der Waals surface area contributed by atoms with Crippen LogP contribution >= 0.6 is 0 Å². The topological polar surface area (TPSA) is 66.5 Å². The van der Waals surface area contributed by atoms with Gasteiger partial charge in [-0.25, -0.2) is 0 Å². The smallest absolute Gasteiger partial charge is 0.188 e. The standard InChI is InChI=1S/C29H33NO6/c1-30-14-13-29-21-9-11-25(34-15-12-23(31)18-4-7-20(33-3)8-5-18)28(29)36-27-24(35-17-32-2)10-6-19(26(27)29)16-22(21)30/h4-11,21-22,25,28H,12-17H2,1-3H3/t21-,22+,25?,28?,29-/m0/s1. The summed E-state index contributed by atoms with van der Waals surface area (Å²) in [5.74, 6) is 2.71. The Bertz CT molecular complexity index is 1180. The summed E-state index contributed by atoms with van der Waals surface area (Å²) in [6, 6.07) is 11.8. The molecule has 1 saturated heterocycles. The van der Waals surface area contributed by atoms with E-state index in [0.717, 1.165) is 36.6 Å². The Morgan fingerprint density at radius 1 is 1.14 bits per heavy atom. The molecule has 2 aliphatic heterocycles. The zero-order chi connectivity index (χ0) is 24.9. The molecule has 2 aromatic carbocycles. The average molecular weight is 492 g/mol. The van der Waals surface area contributed by atoms with Gasteiger partial charge in [-0.2, -0.15) is 0 Å². The number of Topliss-reactive ketones (excluding diaryl/α,β-unsaturated/α-hetero) is 1. The van der Waals surface area contributed by atoms with Gasteiger partial charge in [0, 0.05) is 42.0 Å². The molecule has 6 rings (SSSR count). The first kappa shape index (κ1) is 23.5. The number of carbonyl (C=O) groups is 1. The van der Waals surface area contributed by atoms with E-state index in [1.165, 1.54) is 11.1 Å². The first-order valence-electron chi connectivity index (χ1n) is 12.7. The zero-order valence-electron chi connectivity index (χ0n) is 21.1. The number of rotatable bonds is 9. The fourth-order valence-electron chi connectivity index (χ4n) is 6.80. The van der Waals surface area contributed by atoms with Crippen molar-refractivity contribution in [2.45, 2.75) is 42.9 Å². The number of ether oxygens (including phenoxy) is 5. The quantitative estimate of drug-likeness (QED) is 0.300. The highest BCUT2D eigenvalue weighted by atomic mass is 16.7. The van der Waals surface area contributed by atoms with Crippen molar-refractivity contribution in [2.75, 3.05) is 41.2 Å². The molecule has 36 heavy (non-hydrogen) atoms. The monoisotopic (exact) mass is 491 g/mol. The molecule has 2 bridgehead atoms. The predicted octanol–water partition coefficient (Wildman–Crippen LogP) is 3.78. The van der Waals surface area contributed by atoms with Gasteiger partial charge in [0.25, 0.3) is 0 Å². The van der Waals surface area contributed by atoms with Crippen molar-refractivity contribution in [1.29, 1.82) is 0 Å². The van der Waals surface area contributed by atoms with Crippen LogP contribution in [-0.4, -0.2) is 70.1 Å². The Morgan fingerprint density at radius 3 is 2.75 bits per heavy atom. The molecule has 190 valence electrons. The fraction of sp³-hybridized carbons (Fsp3) is 0.483. The number of benzene rings is 2. The first-order chi connectivity index (χ1) is 17.6. The van der Waals surface area contributed by atoms with E-state index >= 15 is 0 Å². The maximum absolute atomic E-state index is 12.7. The van der Waals surface area contributed by atoms with E-state index in [1.54, 1.807) is 38.5 Å². The lowest BCUT2D eigenvalue weighted by atomic mass is 9.53. The normalized spacial score (nSPS) is 29.4. The molecule has 0 N–H and O–H groups in total. The molecule has 2 unspecified atom stereocenters. The van der Waals surface area contributed by atoms with Crippen LogP contribution in [0.1, 0.15) is 34.3 Å². The van der Waals surface area contributed by atoms with Crippen molar-refractivity contribution < 1.29 is 28.5 Å². The maximum atomic E-state index is 12.7. The van der Waals surface area contributed by atoms with Crippen LogP contribution in [-0.2, 0) is 21.3 Å². The molecule has 5 atom stereocenters. The minimum Gasteiger partial charge on any atom is -0.497 e. The van der Waals surface area contributed by atoms with Crippen molar-refractivity contribution in [2.24, 2.45) is 5.92 Å². The van der Waals surface area contributed by atoms with Crippen LogP contribution in [0.3, 0.4) is 0 Å². The van der Waals surface area contributed by atoms with E-state index in [9.17, 15) is 4.79 Å². The molecule has 0 saturated carbocycles. The van der Waals surface area contributed by atoms with Gasteiger partial charge >= 0.3 is 0 Å². The molecule has 0 aromatic heterocycles. The number of ketones is 1. The highest BCUT2D eigenvalue weighted by molar-refractivity contribution is 5.96. The second kappa shape index (κ2) is 9.21. The lowest BCUT2D eigenvalue weighted by Gasteiger charge is -2.56. The highest BCUT2D eigenvalue weighted by Gasteiger charge is 2.64. The summed E-state index contributed by atoms with van der Waals surface area (Å²) in [6.45, 7) is 1.52. The fourth-order valence-corrected chi connectivity index (χ4v) is 6.80. The minimum absolute atomic E-state index is 0.0543. The second-order valence-electron chi connectivity index (χ2n) is 10.2. The summed E-state index contributed by atoms with van der Waals surface area (Å²) in [4.78, 5) is 15.2.